The first kappa shape index (κ1) is 24.4. The number of halogens is 1. The second-order valence-corrected chi connectivity index (χ2v) is 8.67. The number of nitrogens with two attached hydrogens (primary N) is 1. The number of aromatic carboxylic acids is 1. The molecule has 2 saturated heterocycles. The van der Waals surface area contributed by atoms with Crippen molar-refractivity contribution in [1.29, 1.82) is 5.41 Å². The van der Waals surface area contributed by atoms with Crippen LogP contribution in [0.25, 0.3) is 0 Å². The Kier molecular flexibility index (Phi) is 7.45. The van der Waals surface area contributed by atoms with E-state index in [0.717, 1.165) is 31.6 Å². The quantitative estimate of drug-likeness (QED) is 0.277. The summed E-state index contributed by atoms with van der Waals surface area (Å²) in [6, 6.07) is 8.25. The number of benzene rings is 1. The summed E-state index contributed by atoms with van der Waals surface area (Å²) in [6.45, 7) is 2.51. The van der Waals surface area contributed by atoms with Gasteiger partial charge in [0.05, 0.1) is 29.8 Å². The van der Waals surface area contributed by atoms with Crippen molar-refractivity contribution in [1.82, 2.24) is 4.98 Å². The molecule has 1 aromatic carbocycles. The van der Waals surface area contributed by atoms with Crippen molar-refractivity contribution >= 4 is 29.1 Å². The molecule has 0 atom stereocenters. The van der Waals surface area contributed by atoms with Gasteiger partial charge in [0.2, 0.25) is 0 Å². The summed E-state index contributed by atoms with van der Waals surface area (Å²) in [6.07, 6.45) is 3.07. The standard InChI is InChI=1S/C24H28FN5O5/c25-23-15(14-34-22(31)10-21(26)27)2-1-3-20(23)30-12-18(13-30)35-17-6-8-29(9-7-17)16-4-5-19(24(32)33)28-11-16/h1-5,11,17-18H,6-10,12-14H2,(H3,26,27)(H,32,33). The van der Waals surface area contributed by atoms with Gasteiger partial charge in [0.25, 0.3) is 0 Å². The van der Waals surface area contributed by atoms with E-state index < -0.39 is 17.8 Å². The zero-order chi connectivity index (χ0) is 24.9. The smallest absolute Gasteiger partial charge is 0.354 e. The molecule has 11 heteroatoms. The van der Waals surface area contributed by atoms with E-state index in [9.17, 15) is 14.0 Å². The fourth-order valence-corrected chi connectivity index (χ4v) is 4.23. The van der Waals surface area contributed by atoms with Crippen LogP contribution in [0.2, 0.25) is 0 Å². The third-order valence-electron chi connectivity index (χ3n) is 6.13. The van der Waals surface area contributed by atoms with Crippen molar-refractivity contribution < 1.29 is 28.6 Å². The minimum absolute atomic E-state index is 0.0134. The highest BCUT2D eigenvalue weighted by atomic mass is 19.1. The fourth-order valence-electron chi connectivity index (χ4n) is 4.23. The van der Waals surface area contributed by atoms with Crippen LogP contribution in [0.15, 0.2) is 36.5 Å². The SMILES string of the molecule is N=C(N)CC(=O)OCc1cccc(N2CC(OC3CCN(c4ccc(C(=O)O)nc4)CC3)C2)c1F. The normalized spacial score (nSPS) is 16.6. The van der Waals surface area contributed by atoms with E-state index >= 15 is 0 Å². The lowest BCUT2D eigenvalue weighted by atomic mass is 10.0. The molecule has 0 amide bonds. The van der Waals surface area contributed by atoms with E-state index in [-0.39, 0.29) is 42.3 Å². The summed E-state index contributed by atoms with van der Waals surface area (Å²) in [5.74, 6) is -2.44. The number of nitrogens with one attached hydrogen (secondary N) is 1. The molecule has 2 fully saturated rings. The van der Waals surface area contributed by atoms with Crippen molar-refractivity contribution in [3.63, 3.8) is 0 Å². The van der Waals surface area contributed by atoms with Crippen LogP contribution < -0.4 is 15.5 Å². The minimum atomic E-state index is -1.04. The minimum Gasteiger partial charge on any atom is -0.477 e. The van der Waals surface area contributed by atoms with Gasteiger partial charge >= 0.3 is 11.9 Å². The molecule has 3 heterocycles. The Hall–Kier alpha value is -3.73. The van der Waals surface area contributed by atoms with E-state index in [1.165, 1.54) is 6.07 Å². The molecule has 2 aromatic rings. The Balaban J connectivity index is 1.22. The van der Waals surface area contributed by atoms with Gasteiger partial charge in [0.15, 0.2) is 5.82 Å². The van der Waals surface area contributed by atoms with Crippen LogP contribution in [-0.2, 0) is 20.9 Å². The van der Waals surface area contributed by atoms with E-state index in [1.54, 1.807) is 30.5 Å². The van der Waals surface area contributed by atoms with Gasteiger partial charge in [-0.3, -0.25) is 10.2 Å². The molecule has 186 valence electrons. The predicted octanol–water partition coefficient (Wildman–Crippen LogP) is 2.16. The first-order valence-electron chi connectivity index (χ1n) is 11.4. The number of rotatable bonds is 9. The fraction of sp³-hybridized carbons (Fsp3) is 0.417. The van der Waals surface area contributed by atoms with Crippen molar-refractivity contribution in [2.24, 2.45) is 5.73 Å². The molecular weight excluding hydrogens is 457 g/mol. The van der Waals surface area contributed by atoms with E-state index in [2.05, 4.69) is 9.88 Å². The Morgan fingerprint density at radius 3 is 2.51 bits per heavy atom. The van der Waals surface area contributed by atoms with Gasteiger partial charge in [-0.15, -0.1) is 0 Å². The Morgan fingerprint density at radius 2 is 1.89 bits per heavy atom. The molecule has 0 radical (unpaired) electrons. The van der Waals surface area contributed by atoms with Crippen LogP contribution in [0.4, 0.5) is 15.8 Å². The third-order valence-corrected chi connectivity index (χ3v) is 6.13. The number of carbonyl (C=O) groups excluding carboxylic acids is 1. The van der Waals surface area contributed by atoms with Gasteiger partial charge < -0.3 is 30.1 Å². The van der Waals surface area contributed by atoms with Gasteiger partial charge in [-0.25, -0.2) is 14.2 Å². The summed E-state index contributed by atoms with van der Waals surface area (Å²) < 4.78 is 26.2. The number of piperidine rings is 1. The van der Waals surface area contributed by atoms with Gasteiger partial charge in [-0.2, -0.15) is 0 Å². The average Bonchev–Trinajstić information content (AvgIpc) is 2.81. The van der Waals surface area contributed by atoms with Crippen LogP contribution >= 0.6 is 0 Å². The zero-order valence-corrected chi connectivity index (χ0v) is 19.2. The molecule has 1 aromatic heterocycles. The number of nitrogens with zero attached hydrogens (tertiary/aromatic N) is 3. The molecule has 10 nitrogen and oxygen atoms in total. The summed E-state index contributed by atoms with van der Waals surface area (Å²) in [5, 5.41) is 16.1. The first-order chi connectivity index (χ1) is 16.8. The van der Waals surface area contributed by atoms with Gasteiger partial charge in [0.1, 0.15) is 24.6 Å². The number of hydrogen-bond donors (Lipinski definition) is 3. The first-order valence-corrected chi connectivity index (χ1v) is 11.4. The molecule has 4 rings (SSSR count). The lowest BCUT2D eigenvalue weighted by Crippen LogP contribution is -2.54. The average molecular weight is 486 g/mol. The number of pyridine rings is 1. The lowest BCUT2D eigenvalue weighted by Gasteiger charge is -2.44. The van der Waals surface area contributed by atoms with Crippen LogP contribution in [0.5, 0.6) is 0 Å². The molecule has 2 aliphatic heterocycles. The number of carboxylic acid groups (broad SMARTS) is 1. The van der Waals surface area contributed by atoms with Crippen molar-refractivity contribution in [2.75, 3.05) is 36.0 Å². The van der Waals surface area contributed by atoms with Crippen LogP contribution in [0.3, 0.4) is 0 Å². The maximum Gasteiger partial charge on any atom is 0.354 e. The van der Waals surface area contributed by atoms with E-state index in [0.29, 0.717) is 18.8 Å². The maximum absolute atomic E-state index is 14.9. The molecule has 0 saturated carbocycles. The number of carbonyl (C=O) groups is 2. The molecule has 0 bridgehead atoms. The number of carboxylic acids is 1. The second kappa shape index (κ2) is 10.7. The molecule has 2 aliphatic rings. The zero-order valence-electron chi connectivity index (χ0n) is 19.2. The van der Waals surface area contributed by atoms with Gasteiger partial charge in [-0.05, 0) is 31.0 Å². The topological polar surface area (TPSA) is 142 Å². The Morgan fingerprint density at radius 1 is 1.14 bits per heavy atom. The summed E-state index contributed by atoms with van der Waals surface area (Å²) >= 11 is 0. The highest BCUT2D eigenvalue weighted by Gasteiger charge is 2.33. The monoisotopic (exact) mass is 485 g/mol. The van der Waals surface area contributed by atoms with Crippen LogP contribution in [-0.4, -0.2) is 66.3 Å². The second-order valence-electron chi connectivity index (χ2n) is 8.67. The summed E-state index contributed by atoms with van der Waals surface area (Å²) in [5.41, 5.74) is 6.80. The number of hydrogen-bond acceptors (Lipinski definition) is 8. The third kappa shape index (κ3) is 6.04. The van der Waals surface area contributed by atoms with Gasteiger partial charge in [0, 0.05) is 31.7 Å². The number of anilines is 2. The highest BCUT2D eigenvalue weighted by molar-refractivity contribution is 5.94. The molecule has 0 spiro atoms. The molecule has 0 aliphatic carbocycles. The Bertz CT molecular complexity index is 1080. The summed E-state index contributed by atoms with van der Waals surface area (Å²) in [7, 11) is 0. The van der Waals surface area contributed by atoms with E-state index in [4.69, 9.17) is 25.7 Å². The van der Waals surface area contributed by atoms with Crippen molar-refractivity contribution in [3.05, 3.63) is 53.6 Å². The highest BCUT2D eigenvalue weighted by Crippen LogP contribution is 2.30. The lowest BCUT2D eigenvalue weighted by molar-refractivity contribution is -0.143. The van der Waals surface area contributed by atoms with E-state index in [1.807, 2.05) is 4.90 Å². The molecule has 0 unspecified atom stereocenters. The van der Waals surface area contributed by atoms with Crippen LogP contribution in [0, 0.1) is 11.2 Å². The number of amidine groups is 1. The molecule has 35 heavy (non-hydrogen) atoms. The largest absolute Gasteiger partial charge is 0.477 e. The number of ether oxygens (including phenoxy) is 2. The number of esters is 1. The van der Waals surface area contributed by atoms with Crippen molar-refractivity contribution in [2.45, 2.75) is 38.1 Å². The maximum atomic E-state index is 14.9. The van der Waals surface area contributed by atoms with Crippen molar-refractivity contribution in [3.8, 4) is 0 Å². The Labute approximate surface area is 201 Å². The number of aromatic nitrogens is 1. The molecular formula is C24H28FN5O5. The van der Waals surface area contributed by atoms with Gasteiger partial charge in [-0.1, -0.05) is 12.1 Å². The summed E-state index contributed by atoms with van der Waals surface area (Å²) in [4.78, 5) is 30.6. The molecule has 4 N–H and O–H groups in total. The predicted molar refractivity (Wildman–Crippen MR) is 126 cm³/mol. The van der Waals surface area contributed by atoms with Crippen LogP contribution in [0.1, 0.15) is 35.3 Å².